The molecule has 0 aliphatic heterocycles. The molecule has 0 spiro atoms. The van der Waals surface area contributed by atoms with Gasteiger partial charge in [0.25, 0.3) is 5.91 Å². The Morgan fingerprint density at radius 3 is 2.27 bits per heavy atom. The SMILES string of the molecule is NC(=O)[C@@H](NC(=O)c1ccc(-c2cncc(N)n2)cc1)c1ccccc1. The predicted molar refractivity (Wildman–Crippen MR) is 97.7 cm³/mol. The van der Waals surface area contributed by atoms with Crippen LogP contribution in [-0.2, 0) is 4.79 Å². The van der Waals surface area contributed by atoms with Crippen molar-refractivity contribution in [2.75, 3.05) is 5.73 Å². The second-order valence-corrected chi connectivity index (χ2v) is 5.63. The summed E-state index contributed by atoms with van der Waals surface area (Å²) in [5.74, 6) is -0.712. The van der Waals surface area contributed by atoms with Crippen LogP contribution in [0.4, 0.5) is 5.82 Å². The van der Waals surface area contributed by atoms with Gasteiger partial charge in [-0.3, -0.25) is 14.6 Å². The third-order valence-corrected chi connectivity index (χ3v) is 3.79. The van der Waals surface area contributed by atoms with Crippen LogP contribution in [-0.4, -0.2) is 21.8 Å². The van der Waals surface area contributed by atoms with Crippen molar-refractivity contribution in [2.45, 2.75) is 6.04 Å². The number of hydrogen-bond acceptors (Lipinski definition) is 5. The van der Waals surface area contributed by atoms with Gasteiger partial charge in [-0.1, -0.05) is 42.5 Å². The van der Waals surface area contributed by atoms with Gasteiger partial charge in [-0.2, -0.15) is 0 Å². The first-order valence-corrected chi connectivity index (χ1v) is 7.87. The molecular weight excluding hydrogens is 330 g/mol. The lowest BCUT2D eigenvalue weighted by molar-refractivity contribution is -0.120. The number of nitrogens with two attached hydrogens (primary N) is 2. The second kappa shape index (κ2) is 7.43. The molecule has 1 aromatic heterocycles. The van der Waals surface area contributed by atoms with Gasteiger partial charge in [0.05, 0.1) is 18.1 Å². The highest BCUT2D eigenvalue weighted by Crippen LogP contribution is 2.18. The van der Waals surface area contributed by atoms with Crippen molar-refractivity contribution in [1.82, 2.24) is 15.3 Å². The molecule has 7 heteroatoms. The molecule has 0 radical (unpaired) electrons. The number of carbonyl (C=O) groups excluding carboxylic acids is 2. The molecule has 2 amide bonds. The Bertz CT molecular complexity index is 926. The maximum absolute atomic E-state index is 12.5. The first-order valence-electron chi connectivity index (χ1n) is 7.87. The van der Waals surface area contributed by atoms with Crippen molar-refractivity contribution >= 4 is 17.6 Å². The van der Waals surface area contributed by atoms with Gasteiger partial charge < -0.3 is 16.8 Å². The van der Waals surface area contributed by atoms with E-state index in [-0.39, 0.29) is 0 Å². The third kappa shape index (κ3) is 3.84. The Hall–Kier alpha value is -3.74. The number of amides is 2. The Labute approximate surface area is 150 Å². The van der Waals surface area contributed by atoms with Gasteiger partial charge in [0.15, 0.2) is 0 Å². The number of hydrogen-bond donors (Lipinski definition) is 3. The molecule has 1 atom stereocenters. The Balaban J connectivity index is 1.78. The van der Waals surface area contributed by atoms with E-state index in [1.807, 2.05) is 6.07 Å². The van der Waals surface area contributed by atoms with Crippen LogP contribution in [0.15, 0.2) is 67.0 Å². The van der Waals surface area contributed by atoms with E-state index in [2.05, 4.69) is 15.3 Å². The van der Waals surface area contributed by atoms with Gasteiger partial charge in [0.1, 0.15) is 11.9 Å². The molecule has 0 unspecified atom stereocenters. The van der Waals surface area contributed by atoms with E-state index in [1.54, 1.807) is 54.7 Å². The standard InChI is InChI=1S/C19H17N5O2/c20-16-11-22-10-15(23-16)12-6-8-14(9-7-12)19(26)24-17(18(21)25)13-4-2-1-3-5-13/h1-11,17H,(H2,20,23)(H2,21,25)(H,24,26)/t17-/m0/s1. The molecule has 0 aliphatic rings. The molecule has 0 saturated heterocycles. The lowest BCUT2D eigenvalue weighted by atomic mass is 10.0. The van der Waals surface area contributed by atoms with Crippen LogP contribution in [0.1, 0.15) is 22.0 Å². The van der Waals surface area contributed by atoms with Crippen LogP contribution in [0.2, 0.25) is 0 Å². The zero-order chi connectivity index (χ0) is 18.5. The fraction of sp³-hybridized carbons (Fsp3) is 0.0526. The van der Waals surface area contributed by atoms with E-state index >= 15 is 0 Å². The summed E-state index contributed by atoms with van der Waals surface area (Å²) >= 11 is 0. The quantitative estimate of drug-likeness (QED) is 0.648. The molecule has 1 heterocycles. The number of nitrogens with one attached hydrogen (secondary N) is 1. The first-order chi connectivity index (χ1) is 12.5. The highest BCUT2D eigenvalue weighted by atomic mass is 16.2. The van der Waals surface area contributed by atoms with E-state index in [0.717, 1.165) is 5.56 Å². The van der Waals surface area contributed by atoms with Crippen molar-refractivity contribution in [2.24, 2.45) is 5.73 Å². The minimum absolute atomic E-state index is 0.316. The summed E-state index contributed by atoms with van der Waals surface area (Å²) < 4.78 is 0. The molecule has 26 heavy (non-hydrogen) atoms. The van der Waals surface area contributed by atoms with Gasteiger partial charge in [-0.25, -0.2) is 4.98 Å². The monoisotopic (exact) mass is 347 g/mol. The highest BCUT2D eigenvalue weighted by molar-refractivity contribution is 5.97. The van der Waals surface area contributed by atoms with Crippen molar-refractivity contribution in [3.8, 4) is 11.3 Å². The van der Waals surface area contributed by atoms with Crippen LogP contribution in [0, 0.1) is 0 Å². The average Bonchev–Trinajstić information content (AvgIpc) is 2.66. The summed E-state index contributed by atoms with van der Waals surface area (Å²) in [5.41, 5.74) is 13.5. The summed E-state index contributed by atoms with van der Waals surface area (Å²) in [6, 6.07) is 14.7. The molecular formula is C19H17N5O2. The summed E-state index contributed by atoms with van der Waals surface area (Å²) in [4.78, 5) is 32.4. The number of nitrogen functional groups attached to an aromatic ring is 1. The third-order valence-electron chi connectivity index (χ3n) is 3.79. The summed E-state index contributed by atoms with van der Waals surface area (Å²) in [6.45, 7) is 0. The number of benzene rings is 2. The van der Waals surface area contributed by atoms with Crippen molar-refractivity contribution in [3.05, 3.63) is 78.1 Å². The number of nitrogens with zero attached hydrogens (tertiary/aromatic N) is 2. The summed E-state index contributed by atoms with van der Waals surface area (Å²) in [7, 11) is 0. The zero-order valence-corrected chi connectivity index (χ0v) is 13.8. The van der Waals surface area contributed by atoms with Gasteiger partial charge in [-0.05, 0) is 17.7 Å². The van der Waals surface area contributed by atoms with Crippen molar-refractivity contribution < 1.29 is 9.59 Å². The molecule has 3 rings (SSSR count). The minimum Gasteiger partial charge on any atom is -0.382 e. The molecule has 0 saturated carbocycles. The lowest BCUT2D eigenvalue weighted by Gasteiger charge is -2.16. The van der Waals surface area contributed by atoms with Gasteiger partial charge >= 0.3 is 0 Å². The van der Waals surface area contributed by atoms with Gasteiger partial charge in [0, 0.05) is 11.1 Å². The number of rotatable bonds is 5. The van der Waals surface area contributed by atoms with Gasteiger partial charge in [0.2, 0.25) is 5.91 Å². The molecule has 0 fully saturated rings. The van der Waals surface area contributed by atoms with E-state index in [0.29, 0.717) is 22.6 Å². The fourth-order valence-electron chi connectivity index (χ4n) is 2.49. The molecule has 0 bridgehead atoms. The van der Waals surface area contributed by atoms with E-state index in [1.165, 1.54) is 6.20 Å². The van der Waals surface area contributed by atoms with Gasteiger partial charge in [-0.15, -0.1) is 0 Å². The molecule has 7 nitrogen and oxygen atoms in total. The van der Waals surface area contributed by atoms with Crippen molar-refractivity contribution in [3.63, 3.8) is 0 Å². The maximum atomic E-state index is 12.5. The number of aromatic nitrogens is 2. The Morgan fingerprint density at radius 2 is 1.65 bits per heavy atom. The summed E-state index contributed by atoms with van der Waals surface area (Å²) in [5, 5.41) is 2.66. The predicted octanol–water partition coefficient (Wildman–Crippen LogP) is 1.68. The lowest BCUT2D eigenvalue weighted by Crippen LogP contribution is -2.37. The topological polar surface area (TPSA) is 124 Å². The average molecular weight is 347 g/mol. The van der Waals surface area contributed by atoms with Crippen LogP contribution in [0.25, 0.3) is 11.3 Å². The smallest absolute Gasteiger partial charge is 0.252 e. The molecule has 130 valence electrons. The van der Waals surface area contributed by atoms with Crippen molar-refractivity contribution in [1.29, 1.82) is 0 Å². The van der Waals surface area contributed by atoms with E-state index < -0.39 is 17.9 Å². The van der Waals surface area contributed by atoms with Crippen LogP contribution >= 0.6 is 0 Å². The number of anilines is 1. The highest BCUT2D eigenvalue weighted by Gasteiger charge is 2.20. The van der Waals surface area contributed by atoms with Crippen LogP contribution < -0.4 is 16.8 Å². The van der Waals surface area contributed by atoms with Crippen LogP contribution in [0.3, 0.4) is 0 Å². The number of primary amides is 1. The normalized spacial score (nSPS) is 11.5. The zero-order valence-electron chi connectivity index (χ0n) is 13.8. The molecule has 0 aliphatic carbocycles. The van der Waals surface area contributed by atoms with E-state index in [9.17, 15) is 9.59 Å². The fourth-order valence-corrected chi connectivity index (χ4v) is 2.49. The molecule has 5 N–H and O–H groups in total. The first kappa shape index (κ1) is 17.1. The maximum Gasteiger partial charge on any atom is 0.252 e. The summed E-state index contributed by atoms with van der Waals surface area (Å²) in [6.07, 6.45) is 3.04. The number of carbonyl (C=O) groups is 2. The van der Waals surface area contributed by atoms with Crippen LogP contribution in [0.5, 0.6) is 0 Å². The molecule has 3 aromatic rings. The Kier molecular flexibility index (Phi) is 4.89. The Morgan fingerprint density at radius 1 is 0.962 bits per heavy atom. The molecule has 2 aromatic carbocycles. The largest absolute Gasteiger partial charge is 0.382 e. The van der Waals surface area contributed by atoms with E-state index in [4.69, 9.17) is 11.5 Å². The second-order valence-electron chi connectivity index (χ2n) is 5.63. The minimum atomic E-state index is -0.900.